The smallest absolute Gasteiger partial charge is 0.328 e. The third kappa shape index (κ3) is 2.34. The van der Waals surface area contributed by atoms with Gasteiger partial charge < -0.3 is 9.52 Å². The van der Waals surface area contributed by atoms with E-state index < -0.39 is 0 Å². The zero-order valence-electron chi connectivity index (χ0n) is 9.96. The van der Waals surface area contributed by atoms with Crippen molar-refractivity contribution in [3.8, 4) is 0 Å². The minimum atomic E-state index is -0.123. The first-order valence-electron chi connectivity index (χ1n) is 5.57. The molecule has 0 amide bonds. The Bertz CT molecular complexity index is 548. The van der Waals surface area contributed by atoms with E-state index in [1.807, 2.05) is 13.8 Å². The Morgan fingerprint density at radius 2 is 2.00 bits per heavy atom. The highest BCUT2D eigenvalue weighted by Crippen LogP contribution is 2.09. The molecule has 0 saturated carbocycles. The van der Waals surface area contributed by atoms with E-state index >= 15 is 0 Å². The molecule has 2 rings (SSSR count). The molecule has 0 saturated heterocycles. The van der Waals surface area contributed by atoms with E-state index in [1.165, 1.54) is 0 Å². The Hall–Kier alpha value is -1.75. The van der Waals surface area contributed by atoms with Crippen LogP contribution in [0.2, 0.25) is 0 Å². The molecule has 0 aromatic carbocycles. The van der Waals surface area contributed by atoms with Crippen LogP contribution >= 0.6 is 0 Å². The SMILES string of the molecule is CC(C)n1ccn(Cc2ccc(CO)o2)c1=O. The molecule has 2 aromatic rings. The maximum Gasteiger partial charge on any atom is 0.328 e. The summed E-state index contributed by atoms with van der Waals surface area (Å²) in [6.07, 6.45) is 3.51. The summed E-state index contributed by atoms with van der Waals surface area (Å²) >= 11 is 0. The molecule has 0 spiro atoms. The first-order chi connectivity index (χ1) is 8.11. The Balaban J connectivity index is 2.22. The Morgan fingerprint density at radius 1 is 1.29 bits per heavy atom. The number of rotatable bonds is 4. The van der Waals surface area contributed by atoms with Gasteiger partial charge in [0, 0.05) is 18.4 Å². The Kier molecular flexibility index (Phi) is 3.19. The van der Waals surface area contributed by atoms with Gasteiger partial charge in [-0.05, 0) is 26.0 Å². The predicted octanol–water partition coefficient (Wildman–Crippen LogP) is 1.36. The summed E-state index contributed by atoms with van der Waals surface area (Å²) < 4.78 is 8.59. The van der Waals surface area contributed by atoms with Gasteiger partial charge in [0.25, 0.3) is 0 Å². The lowest BCUT2D eigenvalue weighted by Gasteiger charge is -2.04. The molecular weight excluding hydrogens is 220 g/mol. The second-order valence-electron chi connectivity index (χ2n) is 4.24. The number of nitrogens with zero attached hydrogens (tertiary/aromatic N) is 2. The lowest BCUT2D eigenvalue weighted by molar-refractivity contribution is 0.243. The Morgan fingerprint density at radius 3 is 2.53 bits per heavy atom. The van der Waals surface area contributed by atoms with E-state index in [-0.39, 0.29) is 18.3 Å². The number of aliphatic hydroxyl groups is 1. The summed E-state index contributed by atoms with van der Waals surface area (Å²) in [5, 5.41) is 8.88. The summed E-state index contributed by atoms with van der Waals surface area (Å²) in [7, 11) is 0. The van der Waals surface area contributed by atoms with Gasteiger partial charge in [0.15, 0.2) is 0 Å². The highest BCUT2D eigenvalue weighted by Gasteiger charge is 2.08. The highest BCUT2D eigenvalue weighted by molar-refractivity contribution is 5.07. The second-order valence-corrected chi connectivity index (χ2v) is 4.24. The van der Waals surface area contributed by atoms with Gasteiger partial charge in [0.2, 0.25) is 0 Å². The maximum atomic E-state index is 11.9. The largest absolute Gasteiger partial charge is 0.462 e. The van der Waals surface area contributed by atoms with Crippen molar-refractivity contribution in [2.75, 3.05) is 0 Å². The average Bonchev–Trinajstić information content (AvgIpc) is 2.87. The molecule has 2 heterocycles. The van der Waals surface area contributed by atoms with Crippen LogP contribution in [0.3, 0.4) is 0 Å². The van der Waals surface area contributed by atoms with E-state index in [0.717, 1.165) is 0 Å². The lowest BCUT2D eigenvalue weighted by Crippen LogP contribution is -2.25. The van der Waals surface area contributed by atoms with Gasteiger partial charge in [0.1, 0.15) is 18.1 Å². The number of hydrogen-bond donors (Lipinski definition) is 1. The third-order valence-corrected chi connectivity index (χ3v) is 2.63. The zero-order chi connectivity index (χ0) is 12.4. The summed E-state index contributed by atoms with van der Waals surface area (Å²) in [4.78, 5) is 11.9. The lowest BCUT2D eigenvalue weighted by atomic mass is 10.4. The van der Waals surface area contributed by atoms with Crippen LogP contribution in [0.25, 0.3) is 0 Å². The molecule has 92 valence electrons. The van der Waals surface area contributed by atoms with Gasteiger partial charge in [-0.15, -0.1) is 0 Å². The first kappa shape index (κ1) is 11.7. The highest BCUT2D eigenvalue weighted by atomic mass is 16.4. The van der Waals surface area contributed by atoms with Crippen molar-refractivity contribution in [3.63, 3.8) is 0 Å². The normalized spacial score (nSPS) is 11.3. The Labute approximate surface area is 98.9 Å². The van der Waals surface area contributed by atoms with Crippen molar-refractivity contribution < 1.29 is 9.52 Å². The van der Waals surface area contributed by atoms with Gasteiger partial charge in [-0.3, -0.25) is 9.13 Å². The molecule has 17 heavy (non-hydrogen) atoms. The molecule has 2 aromatic heterocycles. The zero-order valence-corrected chi connectivity index (χ0v) is 9.96. The predicted molar refractivity (Wildman–Crippen MR) is 62.8 cm³/mol. The van der Waals surface area contributed by atoms with Crippen LogP contribution in [0.5, 0.6) is 0 Å². The fourth-order valence-electron chi connectivity index (χ4n) is 1.70. The molecule has 5 heteroatoms. The van der Waals surface area contributed by atoms with Crippen molar-refractivity contribution in [1.82, 2.24) is 9.13 Å². The molecule has 0 unspecified atom stereocenters. The van der Waals surface area contributed by atoms with Crippen LogP contribution in [0, 0.1) is 0 Å². The minimum Gasteiger partial charge on any atom is -0.462 e. The fraction of sp³-hybridized carbons (Fsp3) is 0.417. The summed E-state index contributed by atoms with van der Waals surface area (Å²) in [5.41, 5.74) is -0.0538. The van der Waals surface area contributed by atoms with Crippen LogP contribution in [0.1, 0.15) is 31.4 Å². The van der Waals surface area contributed by atoms with E-state index in [4.69, 9.17) is 9.52 Å². The molecule has 0 atom stereocenters. The summed E-state index contributed by atoms with van der Waals surface area (Å²) in [5.74, 6) is 1.17. The van der Waals surface area contributed by atoms with Crippen molar-refractivity contribution in [1.29, 1.82) is 0 Å². The van der Waals surface area contributed by atoms with Gasteiger partial charge in [-0.25, -0.2) is 4.79 Å². The summed E-state index contributed by atoms with van der Waals surface area (Å²) in [6, 6.07) is 3.62. The second kappa shape index (κ2) is 4.63. The monoisotopic (exact) mass is 236 g/mol. The number of hydrogen-bond acceptors (Lipinski definition) is 3. The average molecular weight is 236 g/mol. The van der Waals surface area contributed by atoms with E-state index in [9.17, 15) is 4.79 Å². The maximum absolute atomic E-state index is 11.9. The number of imidazole rings is 1. The van der Waals surface area contributed by atoms with Crippen LogP contribution in [-0.2, 0) is 13.2 Å². The minimum absolute atomic E-state index is 0.0538. The molecule has 0 bridgehead atoms. The topological polar surface area (TPSA) is 60.3 Å². The quantitative estimate of drug-likeness (QED) is 0.872. The number of aliphatic hydroxyl groups excluding tert-OH is 1. The molecule has 0 radical (unpaired) electrons. The molecule has 5 nitrogen and oxygen atoms in total. The van der Waals surface area contributed by atoms with Gasteiger partial charge in [-0.1, -0.05) is 0 Å². The van der Waals surface area contributed by atoms with Crippen molar-refractivity contribution >= 4 is 0 Å². The van der Waals surface area contributed by atoms with Crippen LogP contribution < -0.4 is 5.69 Å². The number of aromatic nitrogens is 2. The van der Waals surface area contributed by atoms with Crippen molar-refractivity contribution in [2.45, 2.75) is 33.0 Å². The summed E-state index contributed by atoms with van der Waals surface area (Å²) in [6.45, 7) is 4.19. The molecule has 0 aliphatic carbocycles. The van der Waals surface area contributed by atoms with Crippen LogP contribution in [0.15, 0.2) is 33.7 Å². The molecule has 0 fully saturated rings. The molecule has 0 aliphatic rings. The molecular formula is C12H16N2O3. The molecule has 0 aliphatic heterocycles. The van der Waals surface area contributed by atoms with Gasteiger partial charge in [-0.2, -0.15) is 0 Å². The van der Waals surface area contributed by atoms with Crippen LogP contribution in [-0.4, -0.2) is 14.2 Å². The fourth-order valence-corrected chi connectivity index (χ4v) is 1.70. The standard InChI is InChI=1S/C12H16N2O3/c1-9(2)14-6-5-13(12(14)16)7-10-3-4-11(8-15)17-10/h3-6,9,15H,7-8H2,1-2H3. The van der Waals surface area contributed by atoms with Crippen LogP contribution in [0.4, 0.5) is 0 Å². The molecule has 1 N–H and O–H groups in total. The first-order valence-corrected chi connectivity index (χ1v) is 5.57. The van der Waals surface area contributed by atoms with E-state index in [1.54, 1.807) is 33.7 Å². The van der Waals surface area contributed by atoms with E-state index in [2.05, 4.69) is 0 Å². The van der Waals surface area contributed by atoms with Crippen molar-refractivity contribution in [3.05, 3.63) is 46.5 Å². The third-order valence-electron chi connectivity index (χ3n) is 2.63. The number of furan rings is 1. The van der Waals surface area contributed by atoms with Crippen molar-refractivity contribution in [2.24, 2.45) is 0 Å². The van der Waals surface area contributed by atoms with E-state index in [0.29, 0.717) is 18.1 Å². The van der Waals surface area contributed by atoms with Gasteiger partial charge >= 0.3 is 5.69 Å². The van der Waals surface area contributed by atoms with Gasteiger partial charge in [0.05, 0.1) is 6.54 Å².